The van der Waals surface area contributed by atoms with E-state index in [1.165, 1.54) is 0 Å². The van der Waals surface area contributed by atoms with Crippen molar-refractivity contribution in [3.63, 3.8) is 0 Å². The number of carbonyl (C=O) groups is 1. The highest BCUT2D eigenvalue weighted by Crippen LogP contribution is 2.22. The largest absolute Gasteiger partial charge is 0.496 e. The van der Waals surface area contributed by atoms with Crippen molar-refractivity contribution < 1.29 is 14.3 Å². The molecule has 4 heteroatoms. The Morgan fingerprint density at radius 3 is 2.33 bits per heavy atom. The van der Waals surface area contributed by atoms with Crippen LogP contribution in [0.1, 0.15) is 40.9 Å². The summed E-state index contributed by atoms with van der Waals surface area (Å²) in [5.74, 6) is 0.576. The van der Waals surface area contributed by atoms with E-state index in [-0.39, 0.29) is 12.0 Å². The van der Waals surface area contributed by atoms with E-state index in [4.69, 9.17) is 9.47 Å². The van der Waals surface area contributed by atoms with Crippen molar-refractivity contribution in [2.24, 2.45) is 0 Å². The van der Waals surface area contributed by atoms with Gasteiger partial charge in [0, 0.05) is 16.8 Å². The maximum atomic E-state index is 12.5. The quantitative estimate of drug-likeness (QED) is 0.850. The number of aryl methyl sites for hydroxylation is 2. The molecule has 0 aliphatic heterocycles. The fourth-order valence-corrected chi connectivity index (χ4v) is 2.54. The van der Waals surface area contributed by atoms with Crippen LogP contribution in [-0.2, 0) is 11.3 Å². The molecule has 128 valence electrons. The molecule has 0 fully saturated rings. The zero-order valence-corrected chi connectivity index (χ0v) is 15.0. The van der Waals surface area contributed by atoms with Gasteiger partial charge in [-0.1, -0.05) is 6.07 Å². The van der Waals surface area contributed by atoms with Crippen LogP contribution in [0.2, 0.25) is 0 Å². The normalized spacial score (nSPS) is 10.8. The van der Waals surface area contributed by atoms with Crippen molar-refractivity contribution in [3.05, 3.63) is 58.7 Å². The number of nitrogens with one attached hydrogen (secondary N) is 1. The van der Waals surface area contributed by atoms with Crippen molar-refractivity contribution in [1.29, 1.82) is 0 Å². The summed E-state index contributed by atoms with van der Waals surface area (Å²) in [5, 5.41) is 2.95. The minimum absolute atomic E-state index is 0.113. The molecule has 24 heavy (non-hydrogen) atoms. The lowest BCUT2D eigenvalue weighted by molar-refractivity contribution is 0.0644. The van der Waals surface area contributed by atoms with E-state index < -0.39 is 0 Å². The summed E-state index contributed by atoms with van der Waals surface area (Å²) in [7, 11) is 1.61. The topological polar surface area (TPSA) is 47.6 Å². The summed E-state index contributed by atoms with van der Waals surface area (Å²) >= 11 is 0. The number of methoxy groups -OCH3 is 1. The third-order valence-corrected chi connectivity index (χ3v) is 3.59. The van der Waals surface area contributed by atoms with Gasteiger partial charge in [0.25, 0.3) is 5.91 Å². The molecule has 0 atom stereocenters. The molecule has 0 bridgehead atoms. The fourth-order valence-electron chi connectivity index (χ4n) is 2.54. The minimum atomic E-state index is -0.145. The summed E-state index contributed by atoms with van der Waals surface area (Å²) in [4.78, 5) is 12.5. The first-order valence-corrected chi connectivity index (χ1v) is 8.07. The van der Waals surface area contributed by atoms with Crippen LogP contribution in [0.25, 0.3) is 0 Å². The third-order valence-electron chi connectivity index (χ3n) is 3.59. The molecule has 0 saturated heterocycles. The predicted molar refractivity (Wildman–Crippen MR) is 96.8 cm³/mol. The van der Waals surface area contributed by atoms with Crippen molar-refractivity contribution in [2.45, 2.75) is 40.4 Å². The van der Waals surface area contributed by atoms with Gasteiger partial charge in [-0.2, -0.15) is 0 Å². The number of anilines is 1. The van der Waals surface area contributed by atoms with Gasteiger partial charge in [0.15, 0.2) is 0 Å². The summed E-state index contributed by atoms with van der Waals surface area (Å²) in [5.41, 5.74) is 4.47. The van der Waals surface area contributed by atoms with Crippen LogP contribution in [0, 0.1) is 13.8 Å². The monoisotopic (exact) mass is 327 g/mol. The summed E-state index contributed by atoms with van der Waals surface area (Å²) in [6.45, 7) is 8.38. The molecule has 0 spiro atoms. The van der Waals surface area contributed by atoms with Crippen molar-refractivity contribution in [1.82, 2.24) is 0 Å². The average Bonchev–Trinajstić information content (AvgIpc) is 2.51. The number of hydrogen-bond donors (Lipinski definition) is 1. The third kappa shape index (κ3) is 4.83. The van der Waals surface area contributed by atoms with E-state index in [0.29, 0.717) is 12.2 Å². The molecule has 1 amide bonds. The van der Waals surface area contributed by atoms with E-state index in [2.05, 4.69) is 11.4 Å². The fraction of sp³-hybridized carbons (Fsp3) is 0.350. The molecular formula is C20H25NO3. The maximum Gasteiger partial charge on any atom is 0.255 e. The zero-order valence-electron chi connectivity index (χ0n) is 15.0. The Kier molecular flexibility index (Phi) is 5.99. The minimum Gasteiger partial charge on any atom is -0.496 e. The summed E-state index contributed by atoms with van der Waals surface area (Å²) < 4.78 is 11.0. The average molecular weight is 327 g/mol. The lowest BCUT2D eigenvalue weighted by Crippen LogP contribution is -2.13. The first-order valence-electron chi connectivity index (χ1n) is 8.07. The van der Waals surface area contributed by atoms with Gasteiger partial charge >= 0.3 is 0 Å². The van der Waals surface area contributed by atoms with E-state index in [1.54, 1.807) is 19.2 Å². The zero-order chi connectivity index (χ0) is 17.7. The maximum absolute atomic E-state index is 12.5. The highest BCUT2D eigenvalue weighted by Gasteiger charge is 2.12. The van der Waals surface area contributed by atoms with E-state index in [0.717, 1.165) is 28.1 Å². The van der Waals surface area contributed by atoms with Crippen LogP contribution in [-0.4, -0.2) is 19.1 Å². The highest BCUT2D eigenvalue weighted by molar-refractivity contribution is 6.04. The molecule has 0 radical (unpaired) electrons. The number of ether oxygens (including phenoxy) is 2. The van der Waals surface area contributed by atoms with Crippen LogP contribution in [0.3, 0.4) is 0 Å². The number of carbonyl (C=O) groups excluding carboxylic acids is 1. The lowest BCUT2D eigenvalue weighted by atomic mass is 10.1. The Labute approximate surface area is 143 Å². The second-order valence-corrected chi connectivity index (χ2v) is 6.22. The molecule has 2 rings (SSSR count). The van der Waals surface area contributed by atoms with Crippen molar-refractivity contribution in [3.8, 4) is 5.75 Å². The second-order valence-electron chi connectivity index (χ2n) is 6.22. The molecular weight excluding hydrogens is 302 g/mol. The van der Waals surface area contributed by atoms with E-state index in [9.17, 15) is 4.79 Å². The molecule has 0 saturated carbocycles. The Balaban J connectivity index is 2.20. The van der Waals surface area contributed by atoms with Crippen LogP contribution in [0.4, 0.5) is 5.69 Å². The van der Waals surface area contributed by atoms with Gasteiger partial charge in [0.05, 0.1) is 19.8 Å². The first-order chi connectivity index (χ1) is 11.4. The Morgan fingerprint density at radius 1 is 1.08 bits per heavy atom. The Hall–Kier alpha value is -2.33. The van der Waals surface area contributed by atoms with Gasteiger partial charge in [-0.25, -0.2) is 0 Å². The molecule has 0 heterocycles. The van der Waals surface area contributed by atoms with Crippen LogP contribution in [0.5, 0.6) is 5.75 Å². The van der Waals surface area contributed by atoms with Crippen LogP contribution >= 0.6 is 0 Å². The molecule has 0 aliphatic rings. The molecule has 0 aromatic heterocycles. The van der Waals surface area contributed by atoms with Gasteiger partial charge in [-0.15, -0.1) is 0 Å². The molecule has 1 N–H and O–H groups in total. The second kappa shape index (κ2) is 7.97. The van der Waals surface area contributed by atoms with E-state index >= 15 is 0 Å². The van der Waals surface area contributed by atoms with Gasteiger partial charge in [-0.3, -0.25) is 4.79 Å². The number of benzene rings is 2. The van der Waals surface area contributed by atoms with Gasteiger partial charge in [-0.05, 0) is 69.2 Å². The Morgan fingerprint density at radius 2 is 1.75 bits per heavy atom. The molecule has 2 aromatic carbocycles. The number of amides is 1. The predicted octanol–water partition coefficient (Wildman–Crippen LogP) is 4.49. The Bertz CT molecular complexity index is 703. The van der Waals surface area contributed by atoms with Crippen LogP contribution < -0.4 is 10.1 Å². The number of rotatable bonds is 6. The van der Waals surface area contributed by atoms with Crippen LogP contribution in [0.15, 0.2) is 36.4 Å². The number of hydrogen-bond acceptors (Lipinski definition) is 3. The lowest BCUT2D eigenvalue weighted by Gasteiger charge is -2.13. The van der Waals surface area contributed by atoms with Gasteiger partial charge < -0.3 is 14.8 Å². The standard InChI is InChI=1S/C20H25NO3/c1-13(2)24-12-17-11-16(6-7-19(17)23-5)20(22)21-18-9-14(3)8-15(4)10-18/h6-11,13H,12H2,1-5H3,(H,21,22). The van der Waals surface area contributed by atoms with Crippen molar-refractivity contribution >= 4 is 11.6 Å². The summed E-state index contributed by atoms with van der Waals surface area (Å²) in [6.07, 6.45) is 0.113. The molecule has 0 unspecified atom stereocenters. The summed E-state index contributed by atoms with van der Waals surface area (Å²) in [6, 6.07) is 11.4. The van der Waals surface area contributed by atoms with Gasteiger partial charge in [0.1, 0.15) is 5.75 Å². The SMILES string of the molecule is COc1ccc(C(=O)Nc2cc(C)cc(C)c2)cc1COC(C)C. The van der Waals surface area contributed by atoms with Crippen molar-refractivity contribution in [2.75, 3.05) is 12.4 Å². The van der Waals surface area contributed by atoms with Gasteiger partial charge in [0.2, 0.25) is 0 Å². The van der Waals surface area contributed by atoms with E-state index in [1.807, 2.05) is 45.9 Å². The molecule has 2 aromatic rings. The molecule has 4 nitrogen and oxygen atoms in total. The highest BCUT2D eigenvalue weighted by atomic mass is 16.5. The smallest absolute Gasteiger partial charge is 0.255 e. The molecule has 0 aliphatic carbocycles. The first kappa shape index (κ1) is 18.0.